The van der Waals surface area contributed by atoms with Crippen LogP contribution in [0, 0.1) is 13.8 Å². The van der Waals surface area contributed by atoms with Crippen molar-refractivity contribution in [1.29, 1.82) is 0 Å². The van der Waals surface area contributed by atoms with Gasteiger partial charge in [0.2, 0.25) is 0 Å². The van der Waals surface area contributed by atoms with Crippen LogP contribution < -0.4 is 5.48 Å². The molecule has 0 amide bonds. The number of hydroxylamine groups is 1. The quantitative estimate of drug-likeness (QED) is 0.709. The molecule has 1 atom stereocenters. The van der Waals surface area contributed by atoms with E-state index >= 15 is 0 Å². The number of nitrogens with one attached hydrogen (secondary N) is 1. The van der Waals surface area contributed by atoms with Gasteiger partial charge in [0, 0.05) is 8.35 Å². The van der Waals surface area contributed by atoms with Crippen molar-refractivity contribution in [3.05, 3.63) is 17.3 Å². The zero-order valence-electron chi connectivity index (χ0n) is 7.57. The van der Waals surface area contributed by atoms with Gasteiger partial charge in [-0.05, 0) is 6.92 Å². The molecule has 2 rings (SSSR count). The fourth-order valence-electron chi connectivity index (χ4n) is 1.33. The molecule has 13 heavy (non-hydrogen) atoms. The second-order valence-electron chi connectivity index (χ2n) is 2.91. The molecule has 0 aromatic carbocycles. The highest BCUT2D eigenvalue weighted by Crippen LogP contribution is 2.22. The molecule has 1 unspecified atom stereocenters. The summed E-state index contributed by atoms with van der Waals surface area (Å²) in [4.78, 5) is 13.4. The normalized spacial score (nSPS) is 21.5. The largest absolute Gasteiger partial charge is 0.443 e. The van der Waals surface area contributed by atoms with Gasteiger partial charge in [-0.25, -0.2) is 4.98 Å². The number of hydrogen-bond donors (Lipinski definition) is 1. The second-order valence-corrected chi connectivity index (χ2v) is 2.91. The van der Waals surface area contributed by atoms with Crippen LogP contribution in [0.15, 0.2) is 9.41 Å². The van der Waals surface area contributed by atoms with Gasteiger partial charge in [-0.15, -0.1) is 0 Å². The maximum absolute atomic E-state index is 5.42. The van der Waals surface area contributed by atoms with Crippen molar-refractivity contribution in [3.63, 3.8) is 0 Å². The van der Waals surface area contributed by atoms with Crippen molar-refractivity contribution in [2.45, 2.75) is 19.9 Å². The molecule has 1 N–H and O–H groups in total. The highest BCUT2D eigenvalue weighted by Gasteiger charge is 2.20. The maximum Gasteiger partial charge on any atom is 0.191 e. The predicted octanol–water partition coefficient (Wildman–Crippen LogP) is 1.14. The molecule has 5 heteroatoms. The first kappa shape index (κ1) is 8.25. The Bertz CT molecular complexity index is 337. The minimum absolute atomic E-state index is 0. The summed E-state index contributed by atoms with van der Waals surface area (Å²) < 4.78 is 5.42. The fraction of sp³-hybridized carbons (Fsp3) is 0.500. The number of aryl methyl sites for hydroxylation is 2. The topological polar surface area (TPSA) is 59.6 Å². The highest BCUT2D eigenvalue weighted by atomic mass is 16.6. The van der Waals surface area contributed by atoms with Crippen molar-refractivity contribution in [1.82, 2.24) is 10.5 Å². The van der Waals surface area contributed by atoms with Crippen LogP contribution in [0.2, 0.25) is 0 Å². The molecule has 0 fully saturated rings. The molecular weight excluding hydrogens is 170 g/mol. The van der Waals surface area contributed by atoms with Gasteiger partial charge in [0.1, 0.15) is 19.0 Å². The van der Waals surface area contributed by atoms with E-state index in [1.54, 1.807) is 0 Å². The summed E-state index contributed by atoms with van der Waals surface area (Å²) in [7, 11) is 0. The smallest absolute Gasteiger partial charge is 0.191 e. The molecule has 0 saturated carbocycles. The minimum Gasteiger partial charge on any atom is -0.443 e. The molecule has 1 aliphatic rings. The van der Waals surface area contributed by atoms with Crippen LogP contribution in [0.1, 0.15) is 24.8 Å². The fourth-order valence-corrected chi connectivity index (χ4v) is 1.33. The number of aromatic nitrogens is 1. The second kappa shape index (κ2) is 3.18. The van der Waals surface area contributed by atoms with Gasteiger partial charge in [-0.3, -0.25) is 15.3 Å². The molecule has 72 valence electrons. The summed E-state index contributed by atoms with van der Waals surface area (Å²) in [6.45, 7) is 4.21. The van der Waals surface area contributed by atoms with Crippen molar-refractivity contribution in [3.8, 4) is 0 Å². The van der Waals surface area contributed by atoms with Gasteiger partial charge in [0.05, 0.1) is 5.69 Å². The van der Waals surface area contributed by atoms with E-state index in [0.29, 0.717) is 12.5 Å². The standard InChI is InChI=1S/C8H11N3O2.H2/c1-5-8(13-6(2)11-5)7-3-12-10-4-9-7;/h4,7H,3H2,1-2H3,(H,9,10);1H. The molecule has 0 aliphatic carbocycles. The van der Waals surface area contributed by atoms with Gasteiger partial charge in [0.25, 0.3) is 0 Å². The number of rotatable bonds is 1. The van der Waals surface area contributed by atoms with Crippen LogP contribution in [-0.4, -0.2) is 17.9 Å². The van der Waals surface area contributed by atoms with Gasteiger partial charge in [-0.2, -0.15) is 0 Å². The van der Waals surface area contributed by atoms with Crippen molar-refractivity contribution < 1.29 is 10.7 Å². The SMILES string of the molecule is Cc1nc(C)c(C2CONC=N2)o1.[HH]. The minimum atomic E-state index is -0.0672. The Morgan fingerprint density at radius 1 is 1.62 bits per heavy atom. The highest BCUT2D eigenvalue weighted by molar-refractivity contribution is 5.53. The number of hydrogen-bond acceptors (Lipinski definition) is 5. The molecule has 0 bridgehead atoms. The third-order valence-corrected chi connectivity index (χ3v) is 1.87. The van der Waals surface area contributed by atoms with Crippen molar-refractivity contribution in [2.75, 3.05) is 6.61 Å². The van der Waals surface area contributed by atoms with E-state index in [4.69, 9.17) is 9.25 Å². The van der Waals surface area contributed by atoms with Crippen LogP contribution in [0.3, 0.4) is 0 Å². The first-order valence-electron chi connectivity index (χ1n) is 4.10. The number of oxazole rings is 1. The average Bonchev–Trinajstić information content (AvgIpc) is 2.47. The first-order valence-corrected chi connectivity index (χ1v) is 4.10. The number of aliphatic imine (C=N–C) groups is 1. The lowest BCUT2D eigenvalue weighted by atomic mass is 10.2. The van der Waals surface area contributed by atoms with Crippen LogP contribution >= 0.6 is 0 Å². The summed E-state index contributed by atoms with van der Waals surface area (Å²) in [5.74, 6) is 1.46. The van der Waals surface area contributed by atoms with Gasteiger partial charge in [0.15, 0.2) is 11.7 Å². The lowest BCUT2D eigenvalue weighted by Crippen LogP contribution is -2.23. The molecule has 2 heterocycles. The zero-order chi connectivity index (χ0) is 9.26. The number of nitrogens with zero attached hydrogens (tertiary/aromatic N) is 2. The summed E-state index contributed by atoms with van der Waals surface area (Å²) >= 11 is 0. The first-order chi connectivity index (χ1) is 6.27. The molecule has 0 spiro atoms. The van der Waals surface area contributed by atoms with E-state index in [-0.39, 0.29) is 7.47 Å². The lowest BCUT2D eigenvalue weighted by Gasteiger charge is -2.14. The van der Waals surface area contributed by atoms with Crippen LogP contribution in [-0.2, 0) is 4.84 Å². The predicted molar refractivity (Wildman–Crippen MR) is 48.4 cm³/mol. The molecule has 0 radical (unpaired) electrons. The van der Waals surface area contributed by atoms with Gasteiger partial charge >= 0.3 is 0 Å². The molecular formula is C8H13N3O2. The Labute approximate surface area is 77.3 Å². The Hall–Kier alpha value is -1.36. The summed E-state index contributed by atoms with van der Waals surface area (Å²) in [5, 5.41) is 0. The summed E-state index contributed by atoms with van der Waals surface area (Å²) in [5.41, 5.74) is 3.44. The Balaban J connectivity index is 0.000000980. The molecule has 1 aliphatic heterocycles. The Morgan fingerprint density at radius 3 is 3.00 bits per heavy atom. The molecule has 0 saturated heterocycles. The monoisotopic (exact) mass is 183 g/mol. The molecule has 5 nitrogen and oxygen atoms in total. The van der Waals surface area contributed by atoms with Gasteiger partial charge < -0.3 is 4.42 Å². The Kier molecular flexibility index (Phi) is 2.02. The third-order valence-electron chi connectivity index (χ3n) is 1.87. The van der Waals surface area contributed by atoms with Crippen LogP contribution in [0.4, 0.5) is 0 Å². The van der Waals surface area contributed by atoms with Crippen LogP contribution in [0.5, 0.6) is 0 Å². The zero-order valence-corrected chi connectivity index (χ0v) is 7.57. The van der Waals surface area contributed by atoms with Gasteiger partial charge in [-0.1, -0.05) is 0 Å². The third kappa shape index (κ3) is 1.55. The maximum atomic E-state index is 5.42. The van der Waals surface area contributed by atoms with E-state index in [1.807, 2.05) is 13.8 Å². The summed E-state index contributed by atoms with van der Waals surface area (Å²) in [6.07, 6.45) is 1.52. The van der Waals surface area contributed by atoms with E-state index in [1.165, 1.54) is 6.34 Å². The van der Waals surface area contributed by atoms with Crippen molar-refractivity contribution in [2.24, 2.45) is 4.99 Å². The Morgan fingerprint density at radius 2 is 2.46 bits per heavy atom. The molecule has 1 aromatic heterocycles. The van der Waals surface area contributed by atoms with E-state index in [0.717, 1.165) is 11.5 Å². The van der Waals surface area contributed by atoms with Crippen LogP contribution in [0.25, 0.3) is 0 Å². The van der Waals surface area contributed by atoms with E-state index in [9.17, 15) is 0 Å². The summed E-state index contributed by atoms with van der Waals surface area (Å²) in [6, 6.07) is -0.0672. The lowest BCUT2D eigenvalue weighted by molar-refractivity contribution is 0.0613. The van der Waals surface area contributed by atoms with E-state index in [2.05, 4.69) is 15.5 Å². The average molecular weight is 183 g/mol. The van der Waals surface area contributed by atoms with E-state index < -0.39 is 0 Å². The molecule has 1 aromatic rings. The van der Waals surface area contributed by atoms with Crippen molar-refractivity contribution >= 4 is 6.34 Å².